The van der Waals surface area contributed by atoms with Crippen LogP contribution in [0, 0.1) is 11.3 Å². The molecule has 0 saturated carbocycles. The molecule has 0 aromatic carbocycles. The monoisotopic (exact) mass is 288 g/mol. The van der Waals surface area contributed by atoms with E-state index >= 15 is 0 Å². The third-order valence-corrected chi connectivity index (χ3v) is 5.13. The van der Waals surface area contributed by atoms with E-state index in [1.807, 2.05) is 0 Å². The summed E-state index contributed by atoms with van der Waals surface area (Å²) in [6.45, 7) is 6.31. The summed E-state index contributed by atoms with van der Waals surface area (Å²) in [6.07, 6.45) is 0.126. The summed E-state index contributed by atoms with van der Waals surface area (Å²) in [5, 5.41) is -1.23. The summed E-state index contributed by atoms with van der Waals surface area (Å²) < 4.78 is 62.2. The van der Waals surface area contributed by atoms with Crippen LogP contribution in [0.15, 0.2) is 0 Å². The van der Waals surface area contributed by atoms with Crippen molar-refractivity contribution in [2.24, 2.45) is 11.3 Å². The average molecular weight is 288 g/mol. The topological polar surface area (TPSA) is 109 Å². The van der Waals surface area contributed by atoms with Gasteiger partial charge in [0.2, 0.25) is 0 Å². The second-order valence-corrected chi connectivity index (χ2v) is 8.40. The lowest BCUT2D eigenvalue weighted by atomic mass is 9.86. The molecular weight excluding hydrogens is 268 g/mol. The van der Waals surface area contributed by atoms with Crippen LogP contribution in [0.3, 0.4) is 0 Å². The predicted molar refractivity (Wildman–Crippen MR) is 65.0 cm³/mol. The third-order valence-electron chi connectivity index (χ3n) is 2.47. The first-order chi connectivity index (χ1) is 7.26. The van der Waals surface area contributed by atoms with E-state index in [-0.39, 0.29) is 12.3 Å². The maximum atomic E-state index is 11.3. The first-order valence-corrected chi connectivity index (χ1v) is 8.28. The molecule has 0 fully saturated rings. The molecule has 6 nitrogen and oxygen atoms in total. The normalized spacial score (nSPS) is 16.2. The van der Waals surface area contributed by atoms with Crippen LogP contribution in [-0.4, -0.2) is 36.9 Å². The number of hydrogen-bond acceptors (Lipinski definition) is 4. The summed E-state index contributed by atoms with van der Waals surface area (Å²) >= 11 is 0. The van der Waals surface area contributed by atoms with E-state index in [9.17, 15) is 16.8 Å². The highest BCUT2D eigenvalue weighted by Gasteiger charge is 2.41. The van der Waals surface area contributed by atoms with Crippen LogP contribution in [0.2, 0.25) is 0 Å². The van der Waals surface area contributed by atoms with Crippen molar-refractivity contribution in [2.75, 3.05) is 5.75 Å². The molecule has 104 valence electrons. The van der Waals surface area contributed by atoms with Crippen molar-refractivity contribution in [2.45, 2.75) is 39.4 Å². The highest BCUT2D eigenvalue weighted by Crippen LogP contribution is 2.32. The fourth-order valence-corrected chi connectivity index (χ4v) is 4.60. The molecule has 0 radical (unpaired) electrons. The minimum Gasteiger partial charge on any atom is -0.286 e. The van der Waals surface area contributed by atoms with Crippen LogP contribution in [0.1, 0.15) is 34.1 Å². The van der Waals surface area contributed by atoms with E-state index in [1.54, 1.807) is 13.8 Å². The lowest BCUT2D eigenvalue weighted by Crippen LogP contribution is -2.42. The summed E-state index contributed by atoms with van der Waals surface area (Å²) in [7, 11) is -8.66. The van der Waals surface area contributed by atoms with E-state index in [0.29, 0.717) is 0 Å². The Morgan fingerprint density at radius 3 is 1.71 bits per heavy atom. The standard InChI is InChI=1S/C9H20O6S2/c1-7(2)5-8(17(13,14)15)9(3,4)6-16(10,11)12/h7-8H,5-6H2,1-4H3,(H,10,11,12)(H,13,14,15). The van der Waals surface area contributed by atoms with Gasteiger partial charge in [-0.3, -0.25) is 9.11 Å². The van der Waals surface area contributed by atoms with Gasteiger partial charge < -0.3 is 0 Å². The van der Waals surface area contributed by atoms with Crippen molar-refractivity contribution in [1.82, 2.24) is 0 Å². The van der Waals surface area contributed by atoms with Crippen molar-refractivity contribution >= 4 is 20.2 Å². The molecule has 0 aliphatic carbocycles. The summed E-state index contributed by atoms with van der Waals surface area (Å²) in [6, 6.07) is 0. The van der Waals surface area contributed by atoms with Crippen molar-refractivity contribution in [1.29, 1.82) is 0 Å². The van der Waals surface area contributed by atoms with Crippen molar-refractivity contribution in [3.63, 3.8) is 0 Å². The zero-order valence-corrected chi connectivity index (χ0v) is 12.0. The van der Waals surface area contributed by atoms with Gasteiger partial charge in [0.1, 0.15) is 0 Å². The first kappa shape index (κ1) is 16.8. The van der Waals surface area contributed by atoms with Gasteiger partial charge in [-0.15, -0.1) is 0 Å². The van der Waals surface area contributed by atoms with E-state index in [2.05, 4.69) is 0 Å². The van der Waals surface area contributed by atoms with Gasteiger partial charge in [-0.1, -0.05) is 27.7 Å². The summed E-state index contributed by atoms with van der Waals surface area (Å²) in [5.41, 5.74) is -1.26. The van der Waals surface area contributed by atoms with Gasteiger partial charge in [0.15, 0.2) is 0 Å². The van der Waals surface area contributed by atoms with E-state index in [4.69, 9.17) is 9.11 Å². The van der Waals surface area contributed by atoms with Crippen molar-refractivity contribution in [3.05, 3.63) is 0 Å². The molecule has 0 saturated heterocycles. The first-order valence-electron chi connectivity index (χ1n) is 5.17. The fourth-order valence-electron chi connectivity index (χ4n) is 1.84. The van der Waals surface area contributed by atoms with Crippen molar-refractivity contribution in [3.8, 4) is 0 Å². The molecule has 0 aromatic heterocycles. The van der Waals surface area contributed by atoms with Gasteiger partial charge >= 0.3 is 0 Å². The zero-order valence-electron chi connectivity index (χ0n) is 10.4. The minimum atomic E-state index is -4.37. The number of rotatable bonds is 6. The molecule has 17 heavy (non-hydrogen) atoms. The van der Waals surface area contributed by atoms with Crippen LogP contribution < -0.4 is 0 Å². The summed E-state index contributed by atoms with van der Waals surface area (Å²) in [5.74, 6) is -0.737. The molecule has 0 aromatic rings. The maximum Gasteiger partial charge on any atom is 0.268 e. The van der Waals surface area contributed by atoms with Gasteiger partial charge in [0, 0.05) is 5.41 Å². The Kier molecular flexibility index (Phi) is 5.16. The van der Waals surface area contributed by atoms with Gasteiger partial charge in [0.05, 0.1) is 11.0 Å². The maximum absolute atomic E-state index is 11.3. The Morgan fingerprint density at radius 2 is 1.47 bits per heavy atom. The molecule has 0 bridgehead atoms. The number of hydrogen-bond donors (Lipinski definition) is 2. The SMILES string of the molecule is CC(C)CC(C(C)(C)CS(=O)(=O)O)S(=O)(=O)O. The molecule has 2 N–H and O–H groups in total. The van der Waals surface area contributed by atoms with Crippen LogP contribution >= 0.6 is 0 Å². The lowest BCUT2D eigenvalue weighted by Gasteiger charge is -2.31. The lowest BCUT2D eigenvalue weighted by molar-refractivity contribution is 0.312. The molecule has 0 aliphatic heterocycles. The molecule has 0 heterocycles. The van der Waals surface area contributed by atoms with E-state index < -0.39 is 36.7 Å². The minimum absolute atomic E-state index is 0.0254. The quantitative estimate of drug-likeness (QED) is 0.711. The van der Waals surface area contributed by atoms with Gasteiger partial charge in [-0.25, -0.2) is 0 Å². The Bertz CT molecular complexity index is 446. The smallest absolute Gasteiger partial charge is 0.268 e. The second kappa shape index (κ2) is 5.21. The molecular formula is C9H20O6S2. The van der Waals surface area contributed by atoms with E-state index in [0.717, 1.165) is 0 Å². The Morgan fingerprint density at radius 1 is 1.06 bits per heavy atom. The molecule has 8 heteroatoms. The fraction of sp³-hybridized carbons (Fsp3) is 1.00. The average Bonchev–Trinajstić information content (AvgIpc) is 1.92. The van der Waals surface area contributed by atoms with Gasteiger partial charge in [-0.2, -0.15) is 16.8 Å². The Labute approximate surface area is 103 Å². The Hall–Kier alpha value is -0.180. The Balaban J connectivity index is 5.31. The summed E-state index contributed by atoms with van der Waals surface area (Å²) in [4.78, 5) is 0. The van der Waals surface area contributed by atoms with Crippen molar-refractivity contribution < 1.29 is 25.9 Å². The molecule has 0 spiro atoms. The van der Waals surface area contributed by atoms with Crippen LogP contribution in [0.25, 0.3) is 0 Å². The zero-order chi connectivity index (χ0) is 14.1. The molecule has 0 aliphatic rings. The molecule has 0 amide bonds. The van der Waals surface area contributed by atoms with Crippen LogP contribution in [0.5, 0.6) is 0 Å². The van der Waals surface area contributed by atoms with Crippen LogP contribution in [-0.2, 0) is 20.2 Å². The van der Waals surface area contributed by atoms with Crippen LogP contribution in [0.4, 0.5) is 0 Å². The molecule has 1 atom stereocenters. The second-order valence-electron chi connectivity index (χ2n) is 5.35. The van der Waals surface area contributed by atoms with Gasteiger partial charge in [0.25, 0.3) is 20.2 Å². The third kappa shape index (κ3) is 6.35. The molecule has 1 unspecified atom stereocenters. The highest BCUT2D eigenvalue weighted by atomic mass is 32.2. The largest absolute Gasteiger partial charge is 0.286 e. The predicted octanol–water partition coefficient (Wildman–Crippen LogP) is 1.20. The van der Waals surface area contributed by atoms with E-state index in [1.165, 1.54) is 13.8 Å². The highest BCUT2D eigenvalue weighted by molar-refractivity contribution is 7.87. The molecule has 0 rings (SSSR count). The van der Waals surface area contributed by atoms with Gasteiger partial charge in [-0.05, 0) is 12.3 Å².